The average molecular weight is 261 g/mol. The van der Waals surface area contributed by atoms with Crippen LogP contribution in [0.1, 0.15) is 41.3 Å². The third-order valence-corrected chi connectivity index (χ3v) is 2.78. The Morgan fingerprint density at radius 3 is 2.79 bits per heavy atom. The van der Waals surface area contributed by atoms with Crippen LogP contribution >= 0.6 is 0 Å². The summed E-state index contributed by atoms with van der Waals surface area (Å²) in [6.45, 7) is 2.83. The topological polar surface area (TPSA) is 59.3 Å². The first kappa shape index (κ1) is 15.2. The van der Waals surface area contributed by atoms with Crippen LogP contribution in [-0.2, 0) is 15.9 Å². The number of carbonyl (C=O) groups is 1. The molecule has 0 bridgehead atoms. The van der Waals surface area contributed by atoms with E-state index in [1.165, 1.54) is 0 Å². The van der Waals surface area contributed by atoms with Crippen LogP contribution < -0.4 is 0 Å². The van der Waals surface area contributed by atoms with Crippen LogP contribution in [0.3, 0.4) is 0 Å². The van der Waals surface area contributed by atoms with Gasteiger partial charge >= 0.3 is 5.97 Å². The molecule has 4 heteroatoms. The maximum absolute atomic E-state index is 11.6. The molecule has 1 aromatic rings. The molecule has 0 saturated carbocycles. The van der Waals surface area contributed by atoms with Crippen molar-refractivity contribution in [3.8, 4) is 6.07 Å². The summed E-state index contributed by atoms with van der Waals surface area (Å²) in [6.07, 6.45) is 2.62. The molecule has 0 N–H and O–H groups in total. The Labute approximate surface area is 113 Å². The van der Waals surface area contributed by atoms with E-state index < -0.39 is 0 Å². The van der Waals surface area contributed by atoms with Gasteiger partial charge in [0.1, 0.15) is 0 Å². The molecule has 0 aliphatic rings. The summed E-state index contributed by atoms with van der Waals surface area (Å²) in [7, 11) is 1.67. The summed E-state index contributed by atoms with van der Waals surface area (Å²) in [5, 5.41) is 9.06. The summed E-state index contributed by atoms with van der Waals surface area (Å²) in [5.41, 5.74) is 2.01. The maximum Gasteiger partial charge on any atom is 0.338 e. The standard InChI is InChI=1S/C15H19NO3/c1-3-19-15(17)13-7-8-14(11-16)12(10-13)6-4-5-9-18-2/h7-8,10H,3-6,9H2,1-2H3. The minimum absolute atomic E-state index is 0.342. The number of ether oxygens (including phenoxy) is 2. The fraction of sp³-hybridized carbons (Fsp3) is 0.467. The first-order valence-electron chi connectivity index (χ1n) is 6.42. The fourth-order valence-corrected chi connectivity index (χ4v) is 1.81. The average Bonchev–Trinajstić information content (AvgIpc) is 2.43. The SMILES string of the molecule is CCOC(=O)c1ccc(C#N)c(CCCCOC)c1. The van der Waals surface area contributed by atoms with Crippen LogP contribution in [0.5, 0.6) is 0 Å². The summed E-state index contributed by atoms with van der Waals surface area (Å²) in [6, 6.07) is 7.22. The lowest BCUT2D eigenvalue weighted by atomic mass is 10.00. The zero-order valence-corrected chi connectivity index (χ0v) is 11.4. The number of carbonyl (C=O) groups excluding carboxylic acids is 1. The van der Waals surface area contributed by atoms with Crippen molar-refractivity contribution in [2.45, 2.75) is 26.2 Å². The van der Waals surface area contributed by atoms with Crippen molar-refractivity contribution in [1.82, 2.24) is 0 Å². The molecule has 0 aromatic heterocycles. The fourth-order valence-electron chi connectivity index (χ4n) is 1.81. The molecule has 0 saturated heterocycles. The van der Waals surface area contributed by atoms with Crippen LogP contribution in [0.15, 0.2) is 18.2 Å². The zero-order chi connectivity index (χ0) is 14.1. The number of methoxy groups -OCH3 is 1. The molecule has 0 fully saturated rings. The van der Waals surface area contributed by atoms with E-state index in [9.17, 15) is 4.79 Å². The summed E-state index contributed by atoms with van der Waals surface area (Å²) in [4.78, 5) is 11.6. The van der Waals surface area contributed by atoms with Crippen molar-refractivity contribution >= 4 is 5.97 Å². The van der Waals surface area contributed by atoms with Crippen molar-refractivity contribution < 1.29 is 14.3 Å². The second-order valence-corrected chi connectivity index (χ2v) is 4.15. The number of hydrogen-bond donors (Lipinski definition) is 0. The lowest BCUT2D eigenvalue weighted by Crippen LogP contribution is -2.06. The van der Waals surface area contributed by atoms with E-state index >= 15 is 0 Å². The largest absolute Gasteiger partial charge is 0.462 e. The Balaban J connectivity index is 2.78. The predicted octanol–water partition coefficient (Wildman–Crippen LogP) is 2.70. The van der Waals surface area contributed by atoms with Gasteiger partial charge in [-0.2, -0.15) is 5.26 Å². The Morgan fingerprint density at radius 1 is 1.37 bits per heavy atom. The van der Waals surface area contributed by atoms with E-state index in [4.69, 9.17) is 14.7 Å². The molecule has 1 aromatic carbocycles. The molecule has 0 amide bonds. The number of nitriles is 1. The third kappa shape index (κ3) is 4.72. The van der Waals surface area contributed by atoms with Gasteiger partial charge in [-0.25, -0.2) is 4.79 Å². The summed E-state index contributed by atoms with van der Waals surface area (Å²) < 4.78 is 9.95. The highest BCUT2D eigenvalue weighted by atomic mass is 16.5. The minimum Gasteiger partial charge on any atom is -0.462 e. The zero-order valence-electron chi connectivity index (χ0n) is 11.4. The molecule has 0 spiro atoms. The number of esters is 1. The lowest BCUT2D eigenvalue weighted by Gasteiger charge is -2.07. The molecule has 0 unspecified atom stereocenters. The van der Waals surface area contributed by atoms with Crippen molar-refractivity contribution in [2.75, 3.05) is 20.3 Å². The molecular weight excluding hydrogens is 242 g/mol. The van der Waals surface area contributed by atoms with Gasteiger partial charge in [0.25, 0.3) is 0 Å². The molecule has 0 atom stereocenters. The molecule has 0 heterocycles. The van der Waals surface area contributed by atoms with Crippen LogP contribution in [0.2, 0.25) is 0 Å². The van der Waals surface area contributed by atoms with Gasteiger partial charge in [0.15, 0.2) is 0 Å². The van der Waals surface area contributed by atoms with E-state index in [1.54, 1.807) is 32.2 Å². The summed E-state index contributed by atoms with van der Waals surface area (Å²) in [5.74, 6) is -0.342. The Bertz CT molecular complexity index is 463. The van der Waals surface area contributed by atoms with Gasteiger partial charge in [0.2, 0.25) is 0 Å². The van der Waals surface area contributed by atoms with Crippen LogP contribution in [0.4, 0.5) is 0 Å². The lowest BCUT2D eigenvalue weighted by molar-refractivity contribution is 0.0526. The Hall–Kier alpha value is -1.86. The Morgan fingerprint density at radius 2 is 2.16 bits per heavy atom. The quantitative estimate of drug-likeness (QED) is 0.559. The van der Waals surface area contributed by atoms with Gasteiger partial charge in [-0.05, 0) is 49.9 Å². The molecular formula is C15H19NO3. The van der Waals surface area contributed by atoms with Crippen molar-refractivity contribution in [3.63, 3.8) is 0 Å². The number of unbranched alkanes of at least 4 members (excludes halogenated alkanes) is 1. The second kappa shape index (κ2) is 8.28. The normalized spacial score (nSPS) is 9.95. The number of aryl methyl sites for hydroxylation is 1. The van der Waals surface area contributed by atoms with Gasteiger partial charge in [-0.3, -0.25) is 0 Å². The number of rotatable bonds is 7. The van der Waals surface area contributed by atoms with E-state index in [1.807, 2.05) is 0 Å². The van der Waals surface area contributed by atoms with Gasteiger partial charge in [0, 0.05) is 13.7 Å². The van der Waals surface area contributed by atoms with Gasteiger partial charge in [0.05, 0.1) is 23.8 Å². The molecule has 102 valence electrons. The first-order chi connectivity index (χ1) is 9.22. The second-order valence-electron chi connectivity index (χ2n) is 4.15. The smallest absolute Gasteiger partial charge is 0.338 e. The highest BCUT2D eigenvalue weighted by Gasteiger charge is 2.10. The highest BCUT2D eigenvalue weighted by Crippen LogP contribution is 2.15. The van der Waals surface area contributed by atoms with Gasteiger partial charge in [-0.1, -0.05) is 0 Å². The van der Waals surface area contributed by atoms with E-state index in [2.05, 4.69) is 6.07 Å². The molecule has 0 aliphatic heterocycles. The van der Waals surface area contributed by atoms with Crippen molar-refractivity contribution in [1.29, 1.82) is 5.26 Å². The van der Waals surface area contributed by atoms with Crippen molar-refractivity contribution in [2.24, 2.45) is 0 Å². The van der Waals surface area contributed by atoms with Crippen molar-refractivity contribution in [3.05, 3.63) is 34.9 Å². The van der Waals surface area contributed by atoms with E-state index in [0.29, 0.717) is 24.3 Å². The Kier molecular flexibility index (Phi) is 6.62. The predicted molar refractivity (Wildman–Crippen MR) is 71.9 cm³/mol. The highest BCUT2D eigenvalue weighted by molar-refractivity contribution is 5.89. The maximum atomic E-state index is 11.6. The van der Waals surface area contributed by atoms with Gasteiger partial charge < -0.3 is 9.47 Å². The molecule has 19 heavy (non-hydrogen) atoms. The molecule has 0 radical (unpaired) electrons. The third-order valence-electron chi connectivity index (χ3n) is 2.78. The summed E-state index contributed by atoms with van der Waals surface area (Å²) >= 11 is 0. The van der Waals surface area contributed by atoms with Crippen LogP contribution in [0, 0.1) is 11.3 Å². The number of benzene rings is 1. The number of nitrogens with zero attached hydrogens (tertiary/aromatic N) is 1. The first-order valence-corrected chi connectivity index (χ1v) is 6.42. The molecule has 0 aliphatic carbocycles. The molecule has 1 rings (SSSR count). The monoisotopic (exact) mass is 261 g/mol. The van der Waals surface area contributed by atoms with Gasteiger partial charge in [-0.15, -0.1) is 0 Å². The van der Waals surface area contributed by atoms with E-state index in [-0.39, 0.29) is 5.97 Å². The van der Waals surface area contributed by atoms with Crippen LogP contribution in [-0.4, -0.2) is 26.3 Å². The van der Waals surface area contributed by atoms with Crippen LogP contribution in [0.25, 0.3) is 0 Å². The molecule has 4 nitrogen and oxygen atoms in total. The number of hydrogen-bond acceptors (Lipinski definition) is 4. The van der Waals surface area contributed by atoms with E-state index in [0.717, 1.165) is 24.8 Å². The minimum atomic E-state index is -0.342.